The predicted molar refractivity (Wildman–Crippen MR) is 72.7 cm³/mol. The Kier molecular flexibility index (Phi) is 3.76. The maximum absolute atomic E-state index is 11.5. The topological polar surface area (TPSA) is 44.8 Å². The summed E-state index contributed by atoms with van der Waals surface area (Å²) >= 11 is 0. The molecule has 0 saturated carbocycles. The Balaban J connectivity index is 1.68. The third-order valence-electron chi connectivity index (χ3n) is 4.26. The molecule has 2 bridgehead atoms. The van der Waals surface area contributed by atoms with Crippen LogP contribution in [-0.2, 0) is 25.6 Å². The van der Waals surface area contributed by atoms with Crippen LogP contribution in [0.15, 0.2) is 30.3 Å². The zero-order valence-corrected chi connectivity index (χ0v) is 11.8. The molecule has 1 aromatic rings. The minimum Gasteiger partial charge on any atom is -0.435 e. The third kappa shape index (κ3) is 2.58. The zero-order chi connectivity index (χ0) is 14.1. The SMILES string of the molecule is C[C@@H]1[C@@H]2OC(=O)C[C@H](O2)[C@@H](C)[C@@H]1OCc1ccccc1. The van der Waals surface area contributed by atoms with E-state index in [-0.39, 0.29) is 30.0 Å². The summed E-state index contributed by atoms with van der Waals surface area (Å²) in [6, 6.07) is 10.1. The summed E-state index contributed by atoms with van der Waals surface area (Å²) < 4.78 is 17.1. The van der Waals surface area contributed by atoms with E-state index in [0.29, 0.717) is 13.0 Å². The van der Waals surface area contributed by atoms with E-state index in [1.165, 1.54) is 0 Å². The molecule has 1 aromatic carbocycles. The lowest BCUT2D eigenvalue weighted by atomic mass is 9.83. The Labute approximate surface area is 119 Å². The van der Waals surface area contributed by atoms with Crippen LogP contribution >= 0.6 is 0 Å². The number of carbonyl (C=O) groups is 1. The number of fused-ring (bicyclic) bond motifs is 2. The highest BCUT2D eigenvalue weighted by atomic mass is 16.7. The number of esters is 1. The Bertz CT molecular complexity index is 453. The van der Waals surface area contributed by atoms with E-state index in [1.807, 2.05) is 25.1 Å². The van der Waals surface area contributed by atoms with Gasteiger partial charge >= 0.3 is 5.97 Å². The van der Waals surface area contributed by atoms with Gasteiger partial charge in [-0.1, -0.05) is 44.2 Å². The summed E-state index contributed by atoms with van der Waals surface area (Å²) in [6.45, 7) is 4.69. The highest BCUT2D eigenvalue weighted by Crippen LogP contribution is 2.37. The minimum atomic E-state index is -0.460. The summed E-state index contributed by atoms with van der Waals surface area (Å²) in [5.74, 6) is 0.0819. The molecule has 0 aliphatic carbocycles. The van der Waals surface area contributed by atoms with E-state index in [4.69, 9.17) is 14.2 Å². The summed E-state index contributed by atoms with van der Waals surface area (Å²) in [4.78, 5) is 11.5. The van der Waals surface area contributed by atoms with Gasteiger partial charge in [-0.15, -0.1) is 0 Å². The van der Waals surface area contributed by atoms with Gasteiger partial charge in [0, 0.05) is 11.8 Å². The molecule has 4 heteroatoms. The Morgan fingerprint density at radius 1 is 1.20 bits per heavy atom. The fraction of sp³-hybridized carbons (Fsp3) is 0.562. The first kappa shape index (κ1) is 13.6. The average molecular weight is 276 g/mol. The number of hydrogen-bond donors (Lipinski definition) is 0. The van der Waals surface area contributed by atoms with Gasteiger partial charge in [-0.25, -0.2) is 0 Å². The molecule has 0 unspecified atom stereocenters. The Morgan fingerprint density at radius 2 is 1.95 bits per heavy atom. The number of rotatable bonds is 3. The molecule has 2 aliphatic heterocycles. The second-order valence-corrected chi connectivity index (χ2v) is 5.72. The van der Waals surface area contributed by atoms with E-state index in [0.717, 1.165) is 5.56 Å². The molecule has 3 rings (SSSR count). The molecule has 0 radical (unpaired) electrons. The molecule has 0 N–H and O–H groups in total. The van der Waals surface area contributed by atoms with Gasteiger partial charge in [0.25, 0.3) is 0 Å². The second-order valence-electron chi connectivity index (χ2n) is 5.72. The van der Waals surface area contributed by atoms with Gasteiger partial charge in [-0.2, -0.15) is 0 Å². The van der Waals surface area contributed by atoms with Crippen molar-refractivity contribution in [1.29, 1.82) is 0 Å². The van der Waals surface area contributed by atoms with Gasteiger partial charge in [0.1, 0.15) is 0 Å². The first-order chi connectivity index (χ1) is 9.65. The summed E-state index contributed by atoms with van der Waals surface area (Å²) in [6.07, 6.45) is -0.168. The highest BCUT2D eigenvalue weighted by Gasteiger charge is 2.47. The van der Waals surface area contributed by atoms with Crippen molar-refractivity contribution in [2.75, 3.05) is 0 Å². The highest BCUT2D eigenvalue weighted by molar-refractivity contribution is 5.70. The molecule has 108 valence electrons. The van der Waals surface area contributed by atoms with Crippen molar-refractivity contribution in [3.8, 4) is 0 Å². The number of ether oxygens (including phenoxy) is 3. The maximum Gasteiger partial charge on any atom is 0.310 e. The molecule has 2 saturated heterocycles. The van der Waals surface area contributed by atoms with E-state index < -0.39 is 6.29 Å². The van der Waals surface area contributed by atoms with E-state index in [2.05, 4.69) is 19.1 Å². The molecule has 20 heavy (non-hydrogen) atoms. The van der Waals surface area contributed by atoms with Crippen LogP contribution < -0.4 is 0 Å². The van der Waals surface area contributed by atoms with Crippen LogP contribution in [-0.4, -0.2) is 24.5 Å². The maximum atomic E-state index is 11.5. The van der Waals surface area contributed by atoms with Gasteiger partial charge in [0.15, 0.2) is 0 Å². The first-order valence-electron chi connectivity index (χ1n) is 7.15. The molecular formula is C16H20O4. The normalized spacial score (nSPS) is 36.5. The molecule has 0 amide bonds. The van der Waals surface area contributed by atoms with Gasteiger partial charge < -0.3 is 14.2 Å². The summed E-state index contributed by atoms with van der Waals surface area (Å²) in [5.41, 5.74) is 1.15. The number of benzene rings is 1. The van der Waals surface area contributed by atoms with Crippen LogP contribution in [0.5, 0.6) is 0 Å². The number of carbonyl (C=O) groups excluding carboxylic acids is 1. The van der Waals surface area contributed by atoms with Gasteiger partial charge in [-0.3, -0.25) is 4.79 Å². The van der Waals surface area contributed by atoms with Crippen molar-refractivity contribution < 1.29 is 19.0 Å². The van der Waals surface area contributed by atoms with Crippen LogP contribution in [0.25, 0.3) is 0 Å². The predicted octanol–water partition coefficient (Wildman–Crippen LogP) is 2.52. The fourth-order valence-corrected chi connectivity index (χ4v) is 3.05. The van der Waals surface area contributed by atoms with Gasteiger partial charge in [0.2, 0.25) is 6.29 Å². The fourth-order valence-electron chi connectivity index (χ4n) is 3.05. The van der Waals surface area contributed by atoms with Crippen molar-refractivity contribution in [3.63, 3.8) is 0 Å². The molecule has 4 nitrogen and oxygen atoms in total. The van der Waals surface area contributed by atoms with Crippen molar-refractivity contribution in [1.82, 2.24) is 0 Å². The molecule has 2 fully saturated rings. The standard InChI is InChI=1S/C16H20O4/c1-10-13-8-14(17)20-16(19-13)11(2)15(10)18-9-12-6-4-3-5-7-12/h3-7,10-11,13,15-16H,8-9H2,1-2H3/t10-,11+,13+,15+,16+/m1/s1. The van der Waals surface area contributed by atoms with Crippen molar-refractivity contribution in [2.45, 2.75) is 45.4 Å². The van der Waals surface area contributed by atoms with E-state index >= 15 is 0 Å². The van der Waals surface area contributed by atoms with Gasteiger partial charge in [-0.05, 0) is 5.56 Å². The minimum absolute atomic E-state index is 0.0482. The number of hydrogen-bond acceptors (Lipinski definition) is 4. The van der Waals surface area contributed by atoms with Crippen molar-refractivity contribution in [3.05, 3.63) is 35.9 Å². The van der Waals surface area contributed by atoms with Crippen LogP contribution in [0.2, 0.25) is 0 Å². The lowest BCUT2D eigenvalue weighted by Gasteiger charge is -2.46. The second kappa shape index (κ2) is 5.54. The quantitative estimate of drug-likeness (QED) is 0.796. The van der Waals surface area contributed by atoms with E-state index in [9.17, 15) is 4.79 Å². The summed E-state index contributed by atoms with van der Waals surface area (Å²) in [7, 11) is 0. The molecule has 2 aliphatic rings. The lowest BCUT2D eigenvalue weighted by Crippen LogP contribution is -2.55. The van der Waals surface area contributed by atoms with Crippen LogP contribution in [0.4, 0.5) is 0 Å². The largest absolute Gasteiger partial charge is 0.435 e. The molecule has 2 heterocycles. The van der Waals surface area contributed by atoms with E-state index in [1.54, 1.807) is 0 Å². The smallest absolute Gasteiger partial charge is 0.310 e. The molecule has 0 aromatic heterocycles. The Morgan fingerprint density at radius 3 is 2.70 bits per heavy atom. The molecule has 0 spiro atoms. The Hall–Kier alpha value is -1.39. The monoisotopic (exact) mass is 276 g/mol. The van der Waals surface area contributed by atoms with Crippen LogP contribution in [0, 0.1) is 11.8 Å². The molecular weight excluding hydrogens is 256 g/mol. The van der Waals surface area contributed by atoms with Crippen LogP contribution in [0.3, 0.4) is 0 Å². The zero-order valence-electron chi connectivity index (χ0n) is 11.8. The van der Waals surface area contributed by atoms with Gasteiger partial charge in [0.05, 0.1) is 25.2 Å². The van der Waals surface area contributed by atoms with Crippen molar-refractivity contribution in [2.24, 2.45) is 11.8 Å². The summed E-state index contributed by atoms with van der Waals surface area (Å²) in [5, 5.41) is 0. The lowest BCUT2D eigenvalue weighted by molar-refractivity contribution is -0.285. The third-order valence-corrected chi connectivity index (χ3v) is 4.26. The average Bonchev–Trinajstić information content (AvgIpc) is 2.46. The van der Waals surface area contributed by atoms with Crippen molar-refractivity contribution >= 4 is 5.97 Å². The van der Waals surface area contributed by atoms with Crippen LogP contribution in [0.1, 0.15) is 25.8 Å². The first-order valence-corrected chi connectivity index (χ1v) is 7.15. The molecule has 5 atom stereocenters.